The number of hydrogen-bond donors (Lipinski definition) is 0. The van der Waals surface area contributed by atoms with Gasteiger partial charge in [-0.25, -0.2) is 8.42 Å². The van der Waals surface area contributed by atoms with Crippen LogP contribution in [0.5, 0.6) is 0 Å². The molecule has 0 unspecified atom stereocenters. The fourth-order valence-electron chi connectivity index (χ4n) is 3.20. The average molecular weight is 489 g/mol. The molecule has 0 spiro atoms. The molecule has 0 saturated carbocycles. The summed E-state index contributed by atoms with van der Waals surface area (Å²) < 4.78 is 33.4. The monoisotopic (exact) mass is 488 g/mol. The van der Waals surface area contributed by atoms with Crippen molar-refractivity contribution in [2.45, 2.75) is 6.54 Å². The molecule has 1 aromatic heterocycles. The van der Waals surface area contributed by atoms with E-state index in [1.54, 1.807) is 6.08 Å². The van der Waals surface area contributed by atoms with Crippen molar-refractivity contribution in [1.82, 2.24) is 19.4 Å². The Morgan fingerprint density at radius 2 is 1.77 bits per heavy atom. The number of nitrogens with zero attached hydrogens (tertiary/aromatic N) is 4. The van der Waals surface area contributed by atoms with Gasteiger partial charge >= 0.3 is 0 Å². The maximum Gasteiger partial charge on any atom is 0.247 e. The highest BCUT2D eigenvalue weighted by Crippen LogP contribution is 2.22. The highest BCUT2D eigenvalue weighted by Gasteiger charge is 2.26. The Labute approximate surface area is 184 Å². The third-order valence-corrected chi connectivity index (χ3v) is 6.88. The summed E-state index contributed by atoms with van der Waals surface area (Å²) in [7, 11) is -3.44. The third kappa shape index (κ3) is 5.23. The summed E-state index contributed by atoms with van der Waals surface area (Å²) >= 11 is 3.44. The van der Waals surface area contributed by atoms with Crippen LogP contribution in [0.3, 0.4) is 0 Å². The van der Waals surface area contributed by atoms with Gasteiger partial charge in [-0.15, -0.1) is 10.2 Å². The quantitative estimate of drug-likeness (QED) is 0.527. The lowest BCUT2D eigenvalue weighted by Gasteiger charge is -2.32. The smallest absolute Gasteiger partial charge is 0.247 e. The SMILES string of the molecule is O=S(=O)(/C=C/c1ccccc1)N1CCN(Cc2nnc(-c3cccc(Br)c3)o2)CC1. The molecule has 0 atom stereocenters. The lowest BCUT2D eigenvalue weighted by Crippen LogP contribution is -2.47. The minimum absolute atomic E-state index is 0.425. The molecule has 4 rings (SSSR count). The second-order valence-corrected chi connectivity index (χ2v) is 9.68. The van der Waals surface area contributed by atoms with E-state index in [0.717, 1.165) is 15.6 Å². The van der Waals surface area contributed by atoms with E-state index in [2.05, 4.69) is 31.0 Å². The Morgan fingerprint density at radius 3 is 2.50 bits per heavy atom. The van der Waals surface area contributed by atoms with E-state index < -0.39 is 10.0 Å². The summed E-state index contributed by atoms with van der Waals surface area (Å²) in [4.78, 5) is 2.12. The molecule has 0 N–H and O–H groups in total. The van der Waals surface area contributed by atoms with Crippen LogP contribution in [0, 0.1) is 0 Å². The van der Waals surface area contributed by atoms with Crippen molar-refractivity contribution in [2.24, 2.45) is 0 Å². The third-order valence-electron chi connectivity index (χ3n) is 4.82. The number of hydrogen-bond acceptors (Lipinski definition) is 6. The molecule has 1 fully saturated rings. The molecule has 9 heteroatoms. The molecule has 30 heavy (non-hydrogen) atoms. The van der Waals surface area contributed by atoms with Crippen molar-refractivity contribution in [3.8, 4) is 11.5 Å². The van der Waals surface area contributed by atoms with Crippen LogP contribution in [-0.2, 0) is 16.6 Å². The standard InChI is InChI=1S/C21H21BrN4O3S/c22-19-8-4-7-18(15-19)21-24-23-20(29-21)16-25-10-12-26(13-11-25)30(27,28)14-9-17-5-2-1-3-6-17/h1-9,14-15H,10-13,16H2/b14-9+. The molecule has 7 nitrogen and oxygen atoms in total. The van der Waals surface area contributed by atoms with Gasteiger partial charge in [0.15, 0.2) is 0 Å². The topological polar surface area (TPSA) is 79.5 Å². The van der Waals surface area contributed by atoms with Crippen LogP contribution >= 0.6 is 15.9 Å². The second-order valence-electron chi connectivity index (χ2n) is 6.94. The average Bonchev–Trinajstić information content (AvgIpc) is 3.22. The molecular weight excluding hydrogens is 468 g/mol. The Bertz CT molecular complexity index is 1120. The molecule has 1 saturated heterocycles. The van der Waals surface area contributed by atoms with Gasteiger partial charge in [0.1, 0.15) is 0 Å². The Morgan fingerprint density at radius 1 is 1.00 bits per heavy atom. The zero-order valence-electron chi connectivity index (χ0n) is 16.2. The van der Waals surface area contributed by atoms with Crippen molar-refractivity contribution in [3.05, 3.63) is 75.9 Å². The molecule has 0 radical (unpaired) electrons. The van der Waals surface area contributed by atoms with Crippen molar-refractivity contribution in [2.75, 3.05) is 26.2 Å². The lowest BCUT2D eigenvalue weighted by molar-refractivity contribution is 0.169. The zero-order valence-corrected chi connectivity index (χ0v) is 18.6. The molecular formula is C21H21BrN4O3S. The Hall–Kier alpha value is -2.33. The van der Waals surface area contributed by atoms with Gasteiger partial charge in [0.25, 0.3) is 0 Å². The van der Waals surface area contributed by atoms with Crippen LogP contribution in [0.1, 0.15) is 11.5 Å². The molecule has 0 bridgehead atoms. The van der Waals surface area contributed by atoms with Crippen LogP contribution < -0.4 is 0 Å². The lowest BCUT2D eigenvalue weighted by atomic mass is 10.2. The van der Waals surface area contributed by atoms with Crippen LogP contribution in [0.4, 0.5) is 0 Å². The fraction of sp³-hybridized carbons (Fsp3) is 0.238. The van der Waals surface area contributed by atoms with Gasteiger partial charge in [-0.05, 0) is 29.8 Å². The van der Waals surface area contributed by atoms with Crippen LogP contribution in [0.15, 0.2) is 68.9 Å². The number of sulfonamides is 1. The number of aromatic nitrogens is 2. The maximum absolute atomic E-state index is 12.6. The van der Waals surface area contributed by atoms with Crippen molar-refractivity contribution in [3.63, 3.8) is 0 Å². The first kappa shape index (κ1) is 20.9. The molecule has 1 aliphatic rings. The van der Waals surface area contributed by atoms with E-state index in [1.165, 1.54) is 9.71 Å². The van der Waals surface area contributed by atoms with Gasteiger partial charge in [-0.2, -0.15) is 4.31 Å². The van der Waals surface area contributed by atoms with Gasteiger partial charge < -0.3 is 4.42 Å². The molecule has 1 aliphatic heterocycles. The molecule has 156 valence electrons. The molecule has 0 aliphatic carbocycles. The van der Waals surface area contributed by atoms with Gasteiger partial charge in [0.05, 0.1) is 6.54 Å². The van der Waals surface area contributed by atoms with E-state index in [1.807, 2.05) is 54.6 Å². The Balaban J connectivity index is 1.33. The minimum Gasteiger partial charge on any atom is -0.419 e. The first-order valence-corrected chi connectivity index (χ1v) is 11.8. The van der Waals surface area contributed by atoms with Crippen LogP contribution in [-0.4, -0.2) is 54.0 Å². The normalized spacial score (nSPS) is 16.3. The van der Waals surface area contributed by atoms with Gasteiger partial charge in [-0.1, -0.05) is 52.3 Å². The summed E-state index contributed by atoms with van der Waals surface area (Å²) in [5.41, 5.74) is 1.71. The summed E-state index contributed by atoms with van der Waals surface area (Å²) in [6, 6.07) is 17.1. The first-order chi connectivity index (χ1) is 14.5. The zero-order chi connectivity index (χ0) is 21.0. The molecule has 0 amide bonds. The highest BCUT2D eigenvalue weighted by atomic mass is 79.9. The highest BCUT2D eigenvalue weighted by molar-refractivity contribution is 9.10. The van der Waals surface area contributed by atoms with Crippen LogP contribution in [0.25, 0.3) is 17.5 Å². The maximum atomic E-state index is 12.6. The number of rotatable bonds is 6. The molecule has 2 aromatic carbocycles. The van der Waals surface area contributed by atoms with Gasteiger partial charge in [0.2, 0.25) is 21.8 Å². The van der Waals surface area contributed by atoms with Gasteiger partial charge in [0, 0.05) is 41.6 Å². The van der Waals surface area contributed by atoms with E-state index in [9.17, 15) is 8.42 Å². The summed E-state index contributed by atoms with van der Waals surface area (Å²) in [5.74, 6) is 0.990. The number of piperazine rings is 1. The van der Waals surface area contributed by atoms with E-state index in [0.29, 0.717) is 44.5 Å². The summed E-state index contributed by atoms with van der Waals surface area (Å²) in [6.45, 7) is 2.55. The van der Waals surface area contributed by atoms with Crippen molar-refractivity contribution < 1.29 is 12.8 Å². The van der Waals surface area contributed by atoms with E-state index in [4.69, 9.17) is 4.42 Å². The van der Waals surface area contributed by atoms with Crippen molar-refractivity contribution in [1.29, 1.82) is 0 Å². The van der Waals surface area contributed by atoms with Crippen LogP contribution in [0.2, 0.25) is 0 Å². The number of halogens is 1. The Kier molecular flexibility index (Phi) is 6.43. The fourth-order valence-corrected chi connectivity index (χ4v) is 4.78. The van der Waals surface area contributed by atoms with Crippen molar-refractivity contribution >= 4 is 32.0 Å². The molecule has 3 aromatic rings. The van der Waals surface area contributed by atoms with E-state index in [-0.39, 0.29) is 0 Å². The minimum atomic E-state index is -3.44. The summed E-state index contributed by atoms with van der Waals surface area (Å²) in [6.07, 6.45) is 1.63. The summed E-state index contributed by atoms with van der Waals surface area (Å²) in [5, 5.41) is 9.53. The molecule has 2 heterocycles. The largest absolute Gasteiger partial charge is 0.419 e. The number of benzene rings is 2. The van der Waals surface area contributed by atoms with E-state index >= 15 is 0 Å². The second kappa shape index (κ2) is 9.22. The predicted octanol–water partition coefficient (Wildman–Crippen LogP) is 3.62. The van der Waals surface area contributed by atoms with Gasteiger partial charge in [-0.3, -0.25) is 4.90 Å². The first-order valence-electron chi connectivity index (χ1n) is 9.53. The predicted molar refractivity (Wildman–Crippen MR) is 119 cm³/mol.